The molecular weight excluding hydrogens is 297 g/mol. The molecule has 0 aliphatic rings. The van der Waals surface area contributed by atoms with E-state index in [-0.39, 0.29) is 17.3 Å². The van der Waals surface area contributed by atoms with Gasteiger partial charge in [0, 0.05) is 13.6 Å². The number of benzene rings is 2. The van der Waals surface area contributed by atoms with E-state index in [0.29, 0.717) is 12.1 Å². The second-order valence-electron chi connectivity index (χ2n) is 5.47. The summed E-state index contributed by atoms with van der Waals surface area (Å²) in [6.07, 6.45) is 0. The zero-order chi connectivity index (χ0) is 17.0. The van der Waals surface area contributed by atoms with E-state index in [1.807, 2.05) is 0 Å². The maximum Gasteiger partial charge on any atom is 0.335 e. The zero-order valence-electron chi connectivity index (χ0n) is 13.0. The van der Waals surface area contributed by atoms with Crippen LogP contribution in [0.4, 0.5) is 4.39 Å². The Morgan fingerprint density at radius 2 is 1.83 bits per heavy atom. The number of aromatic carboxylic acids is 1. The summed E-state index contributed by atoms with van der Waals surface area (Å²) in [5, 5.41) is 8.87. The SMILES string of the molecule is C[C@@H](C(=O)N(C)Cc1ccc(C(=O)O)cc1)c1cccc(F)c1. The number of amides is 1. The molecule has 23 heavy (non-hydrogen) atoms. The van der Waals surface area contributed by atoms with E-state index in [2.05, 4.69) is 0 Å². The lowest BCUT2D eigenvalue weighted by molar-refractivity contribution is -0.131. The van der Waals surface area contributed by atoms with E-state index >= 15 is 0 Å². The standard InChI is InChI=1S/C18H18FNO3/c1-12(15-4-3-5-16(19)10-15)17(21)20(2)11-13-6-8-14(9-7-13)18(22)23/h3-10,12H,11H2,1-2H3,(H,22,23)/t12-/m1/s1. The number of carbonyl (C=O) groups is 2. The van der Waals surface area contributed by atoms with Crippen LogP contribution in [0.25, 0.3) is 0 Å². The molecule has 0 heterocycles. The lowest BCUT2D eigenvalue weighted by atomic mass is 9.99. The van der Waals surface area contributed by atoms with E-state index in [1.54, 1.807) is 43.1 Å². The van der Waals surface area contributed by atoms with Crippen molar-refractivity contribution >= 4 is 11.9 Å². The summed E-state index contributed by atoms with van der Waals surface area (Å²) in [5.74, 6) is -1.93. The van der Waals surface area contributed by atoms with Crippen LogP contribution in [0.3, 0.4) is 0 Å². The highest BCUT2D eigenvalue weighted by Gasteiger charge is 2.19. The summed E-state index contributed by atoms with van der Waals surface area (Å²) in [7, 11) is 1.67. The number of hydrogen-bond acceptors (Lipinski definition) is 2. The third-order valence-corrected chi connectivity index (χ3v) is 3.72. The molecule has 0 aromatic heterocycles. The van der Waals surface area contributed by atoms with Crippen molar-refractivity contribution < 1.29 is 19.1 Å². The Kier molecular flexibility index (Phi) is 5.11. The first-order valence-corrected chi connectivity index (χ1v) is 7.21. The van der Waals surface area contributed by atoms with Crippen LogP contribution in [0.5, 0.6) is 0 Å². The van der Waals surface area contributed by atoms with Gasteiger partial charge in [-0.25, -0.2) is 9.18 Å². The Balaban J connectivity index is 2.06. The Morgan fingerprint density at radius 3 is 2.39 bits per heavy atom. The molecule has 0 saturated carbocycles. The van der Waals surface area contributed by atoms with Crippen LogP contribution >= 0.6 is 0 Å². The number of nitrogens with zero attached hydrogens (tertiary/aromatic N) is 1. The van der Waals surface area contributed by atoms with Gasteiger partial charge in [-0.15, -0.1) is 0 Å². The molecule has 5 heteroatoms. The van der Waals surface area contributed by atoms with Crippen molar-refractivity contribution in [1.29, 1.82) is 0 Å². The zero-order valence-corrected chi connectivity index (χ0v) is 13.0. The molecule has 1 N–H and O–H groups in total. The molecule has 0 radical (unpaired) electrons. The van der Waals surface area contributed by atoms with Gasteiger partial charge in [-0.05, 0) is 42.3 Å². The molecule has 0 fully saturated rings. The van der Waals surface area contributed by atoms with Crippen LogP contribution in [0.15, 0.2) is 48.5 Å². The van der Waals surface area contributed by atoms with Crippen LogP contribution in [0, 0.1) is 5.82 Å². The van der Waals surface area contributed by atoms with Gasteiger partial charge in [-0.2, -0.15) is 0 Å². The first-order chi connectivity index (χ1) is 10.9. The van der Waals surface area contributed by atoms with Gasteiger partial charge in [-0.1, -0.05) is 24.3 Å². The number of carboxylic acids is 1. The molecule has 1 atom stereocenters. The van der Waals surface area contributed by atoms with Crippen molar-refractivity contribution in [3.05, 3.63) is 71.0 Å². The fraction of sp³-hybridized carbons (Fsp3) is 0.222. The molecule has 2 aromatic carbocycles. The number of carbonyl (C=O) groups excluding carboxylic acids is 1. The fourth-order valence-electron chi connectivity index (χ4n) is 2.35. The fourth-order valence-corrected chi connectivity index (χ4v) is 2.35. The summed E-state index contributed by atoms with van der Waals surface area (Å²) < 4.78 is 13.3. The third-order valence-electron chi connectivity index (χ3n) is 3.72. The summed E-state index contributed by atoms with van der Waals surface area (Å²) in [4.78, 5) is 24.8. The highest BCUT2D eigenvalue weighted by molar-refractivity contribution is 5.87. The highest BCUT2D eigenvalue weighted by atomic mass is 19.1. The molecule has 0 saturated heterocycles. The molecule has 0 bridgehead atoms. The molecule has 2 rings (SSSR count). The van der Waals surface area contributed by atoms with E-state index in [0.717, 1.165) is 5.56 Å². The van der Waals surface area contributed by atoms with Crippen LogP contribution < -0.4 is 0 Å². The molecular formula is C18H18FNO3. The Labute approximate surface area is 134 Å². The first kappa shape index (κ1) is 16.7. The van der Waals surface area contributed by atoms with Gasteiger partial charge in [-0.3, -0.25) is 4.79 Å². The lowest BCUT2D eigenvalue weighted by Crippen LogP contribution is -2.30. The van der Waals surface area contributed by atoms with Crippen LogP contribution in [0.1, 0.15) is 34.3 Å². The minimum atomic E-state index is -0.985. The summed E-state index contributed by atoms with van der Waals surface area (Å²) in [6.45, 7) is 2.10. The minimum Gasteiger partial charge on any atom is -0.478 e. The predicted octanol–water partition coefficient (Wildman–Crippen LogP) is 3.29. The van der Waals surface area contributed by atoms with E-state index < -0.39 is 11.9 Å². The topological polar surface area (TPSA) is 57.6 Å². The van der Waals surface area contributed by atoms with Gasteiger partial charge in [0.05, 0.1) is 11.5 Å². The van der Waals surface area contributed by atoms with Crippen molar-refractivity contribution in [2.24, 2.45) is 0 Å². The first-order valence-electron chi connectivity index (χ1n) is 7.21. The average molecular weight is 315 g/mol. The largest absolute Gasteiger partial charge is 0.478 e. The molecule has 0 unspecified atom stereocenters. The van der Waals surface area contributed by atoms with Crippen molar-refractivity contribution in [3.63, 3.8) is 0 Å². The van der Waals surface area contributed by atoms with Crippen molar-refractivity contribution in [3.8, 4) is 0 Å². The Hall–Kier alpha value is -2.69. The van der Waals surface area contributed by atoms with Gasteiger partial charge < -0.3 is 10.0 Å². The number of likely N-dealkylation sites (N-methyl/N-ethyl adjacent to an activating group) is 1. The van der Waals surface area contributed by atoms with Gasteiger partial charge >= 0.3 is 5.97 Å². The van der Waals surface area contributed by atoms with Crippen LogP contribution in [-0.2, 0) is 11.3 Å². The van der Waals surface area contributed by atoms with Gasteiger partial charge in [0.25, 0.3) is 0 Å². The maximum absolute atomic E-state index is 13.3. The quantitative estimate of drug-likeness (QED) is 0.921. The predicted molar refractivity (Wildman–Crippen MR) is 84.7 cm³/mol. The van der Waals surface area contributed by atoms with Crippen molar-refractivity contribution in [1.82, 2.24) is 4.90 Å². The van der Waals surface area contributed by atoms with Gasteiger partial charge in [0.1, 0.15) is 5.82 Å². The molecule has 1 amide bonds. The maximum atomic E-state index is 13.3. The molecule has 0 aliphatic heterocycles. The van der Waals surface area contributed by atoms with E-state index in [1.165, 1.54) is 24.3 Å². The average Bonchev–Trinajstić information content (AvgIpc) is 2.54. The second kappa shape index (κ2) is 7.05. The molecule has 4 nitrogen and oxygen atoms in total. The van der Waals surface area contributed by atoms with Crippen molar-refractivity contribution in [2.45, 2.75) is 19.4 Å². The summed E-state index contributed by atoms with van der Waals surface area (Å²) >= 11 is 0. The molecule has 0 aliphatic carbocycles. The number of halogens is 1. The Bertz CT molecular complexity index is 712. The van der Waals surface area contributed by atoms with Crippen LogP contribution in [-0.4, -0.2) is 28.9 Å². The summed E-state index contributed by atoms with van der Waals surface area (Å²) in [6, 6.07) is 12.4. The Morgan fingerprint density at radius 1 is 1.17 bits per heavy atom. The second-order valence-corrected chi connectivity index (χ2v) is 5.47. The lowest BCUT2D eigenvalue weighted by Gasteiger charge is -2.22. The normalized spacial score (nSPS) is 11.8. The molecule has 0 spiro atoms. The molecule has 2 aromatic rings. The monoisotopic (exact) mass is 315 g/mol. The number of hydrogen-bond donors (Lipinski definition) is 1. The minimum absolute atomic E-state index is 0.127. The van der Waals surface area contributed by atoms with E-state index in [9.17, 15) is 14.0 Å². The molecule has 120 valence electrons. The van der Waals surface area contributed by atoms with E-state index in [4.69, 9.17) is 5.11 Å². The smallest absolute Gasteiger partial charge is 0.335 e. The van der Waals surface area contributed by atoms with Crippen LogP contribution in [0.2, 0.25) is 0 Å². The third kappa shape index (κ3) is 4.16. The summed E-state index contributed by atoms with van der Waals surface area (Å²) in [5.41, 5.74) is 1.66. The van der Waals surface area contributed by atoms with Gasteiger partial charge in [0.2, 0.25) is 5.91 Å². The van der Waals surface area contributed by atoms with Crippen molar-refractivity contribution in [2.75, 3.05) is 7.05 Å². The highest BCUT2D eigenvalue weighted by Crippen LogP contribution is 2.19. The number of carboxylic acid groups (broad SMARTS) is 1. The van der Waals surface area contributed by atoms with Gasteiger partial charge in [0.15, 0.2) is 0 Å². The number of rotatable bonds is 5.